The lowest BCUT2D eigenvalue weighted by atomic mass is 10.1. The Hall–Kier alpha value is -1.13. The third-order valence-corrected chi connectivity index (χ3v) is 2.39. The molecule has 3 nitrogen and oxygen atoms in total. The van der Waals surface area contributed by atoms with Crippen molar-refractivity contribution in [1.82, 2.24) is 10.4 Å². The van der Waals surface area contributed by atoms with Crippen molar-refractivity contribution in [3.63, 3.8) is 0 Å². The van der Waals surface area contributed by atoms with Gasteiger partial charge in [0, 0.05) is 6.54 Å². The Balaban J connectivity index is 2.24. The molecule has 0 amide bonds. The van der Waals surface area contributed by atoms with Crippen LogP contribution in [0.15, 0.2) is 24.3 Å². The minimum Gasteiger partial charge on any atom is -0.375 e. The highest BCUT2D eigenvalue weighted by atomic mass is 32.1. The van der Waals surface area contributed by atoms with E-state index in [1.54, 1.807) is 5.01 Å². The largest absolute Gasteiger partial charge is 0.375 e. The zero-order valence-electron chi connectivity index (χ0n) is 7.16. The summed E-state index contributed by atoms with van der Waals surface area (Å²) in [5, 5.41) is 2.19. The molecule has 2 rings (SSSR count). The maximum absolute atomic E-state index is 5.52. The number of nitrogens with zero attached hydrogens (tertiary/aromatic N) is 1. The van der Waals surface area contributed by atoms with Gasteiger partial charge in [-0.1, -0.05) is 24.3 Å². The second-order valence-electron chi connectivity index (χ2n) is 3.03. The molecule has 0 unspecified atom stereocenters. The first-order valence-electron chi connectivity index (χ1n) is 4.14. The lowest BCUT2D eigenvalue weighted by molar-refractivity contribution is 0.277. The van der Waals surface area contributed by atoms with Gasteiger partial charge in [0.2, 0.25) is 0 Å². The molecule has 0 aromatic heterocycles. The summed E-state index contributed by atoms with van der Waals surface area (Å²) in [5.74, 6) is 0. The van der Waals surface area contributed by atoms with E-state index >= 15 is 0 Å². The fraction of sp³-hybridized carbons (Fsp3) is 0.222. The van der Waals surface area contributed by atoms with Crippen molar-refractivity contribution in [3.8, 4) is 0 Å². The minimum atomic E-state index is 0.398. The number of rotatable bonds is 0. The monoisotopic (exact) mass is 193 g/mol. The average Bonchev–Trinajstić information content (AvgIpc) is 2.17. The van der Waals surface area contributed by atoms with Gasteiger partial charge in [-0.15, -0.1) is 0 Å². The van der Waals surface area contributed by atoms with Gasteiger partial charge in [0.1, 0.15) is 0 Å². The predicted octanol–water partition coefficient (Wildman–Crippen LogP) is 0.750. The lowest BCUT2D eigenvalue weighted by Gasteiger charge is -2.29. The summed E-state index contributed by atoms with van der Waals surface area (Å²) in [6, 6.07) is 8.28. The lowest BCUT2D eigenvalue weighted by Crippen LogP contribution is -2.47. The Morgan fingerprint density at radius 1 is 1.38 bits per heavy atom. The van der Waals surface area contributed by atoms with E-state index in [0.717, 1.165) is 13.1 Å². The van der Waals surface area contributed by atoms with E-state index in [1.165, 1.54) is 11.1 Å². The van der Waals surface area contributed by atoms with Crippen LogP contribution in [0.4, 0.5) is 0 Å². The van der Waals surface area contributed by atoms with Crippen LogP contribution in [0, 0.1) is 0 Å². The van der Waals surface area contributed by atoms with Gasteiger partial charge in [-0.2, -0.15) is 0 Å². The number of fused-ring (bicyclic) bond motifs is 1. The quantitative estimate of drug-likeness (QED) is 0.597. The molecule has 0 radical (unpaired) electrons. The normalized spacial score (nSPS) is 15.2. The van der Waals surface area contributed by atoms with Crippen LogP contribution in [0.3, 0.4) is 0 Å². The summed E-state index contributed by atoms with van der Waals surface area (Å²) in [6.07, 6.45) is 0. The first kappa shape index (κ1) is 8.47. The Morgan fingerprint density at radius 3 is 2.77 bits per heavy atom. The smallest absolute Gasteiger partial charge is 0.181 e. The van der Waals surface area contributed by atoms with Gasteiger partial charge in [-0.3, -0.25) is 5.01 Å². The van der Waals surface area contributed by atoms with Crippen LogP contribution in [0.2, 0.25) is 0 Å². The van der Waals surface area contributed by atoms with Gasteiger partial charge in [-0.05, 0) is 23.3 Å². The molecule has 0 saturated heterocycles. The molecule has 0 atom stereocenters. The predicted molar refractivity (Wildman–Crippen MR) is 55.6 cm³/mol. The highest BCUT2D eigenvalue weighted by Crippen LogP contribution is 2.14. The maximum atomic E-state index is 5.52. The Bertz CT molecular complexity index is 337. The van der Waals surface area contributed by atoms with E-state index in [-0.39, 0.29) is 0 Å². The van der Waals surface area contributed by atoms with E-state index in [0.29, 0.717) is 5.11 Å². The highest BCUT2D eigenvalue weighted by Gasteiger charge is 2.14. The summed E-state index contributed by atoms with van der Waals surface area (Å²) in [4.78, 5) is 0. The highest BCUT2D eigenvalue weighted by molar-refractivity contribution is 7.80. The van der Waals surface area contributed by atoms with Crippen LogP contribution in [0.5, 0.6) is 0 Å². The molecule has 1 aliphatic rings. The number of hydrogen-bond acceptors (Lipinski definition) is 2. The van der Waals surface area contributed by atoms with Gasteiger partial charge < -0.3 is 5.73 Å². The second kappa shape index (κ2) is 3.32. The number of nitrogens with one attached hydrogen (secondary N) is 1. The molecule has 1 aliphatic heterocycles. The number of thiocarbonyl (C=S) groups is 1. The summed E-state index contributed by atoms with van der Waals surface area (Å²) in [5.41, 5.74) is 11.3. The fourth-order valence-electron chi connectivity index (χ4n) is 1.45. The van der Waals surface area contributed by atoms with E-state index in [1.807, 2.05) is 12.1 Å². The van der Waals surface area contributed by atoms with Gasteiger partial charge in [0.05, 0.1) is 6.54 Å². The molecule has 0 bridgehead atoms. The molecule has 13 heavy (non-hydrogen) atoms. The van der Waals surface area contributed by atoms with Gasteiger partial charge in [-0.25, -0.2) is 5.43 Å². The van der Waals surface area contributed by atoms with E-state index in [9.17, 15) is 0 Å². The molecular formula is C9H11N3S. The first-order valence-corrected chi connectivity index (χ1v) is 4.55. The molecule has 1 heterocycles. The topological polar surface area (TPSA) is 41.3 Å². The van der Waals surface area contributed by atoms with Crippen molar-refractivity contribution in [2.24, 2.45) is 5.73 Å². The van der Waals surface area contributed by atoms with Crippen LogP contribution in [0.25, 0.3) is 0 Å². The molecule has 1 aromatic rings. The van der Waals surface area contributed by atoms with E-state index < -0.39 is 0 Å². The molecule has 3 N–H and O–H groups in total. The average molecular weight is 193 g/mol. The SMILES string of the molecule is NC(=S)N1Cc2ccccc2CN1. The first-order chi connectivity index (χ1) is 6.27. The molecule has 68 valence electrons. The van der Waals surface area contributed by atoms with Gasteiger partial charge in [0.25, 0.3) is 0 Å². The van der Waals surface area contributed by atoms with Crippen LogP contribution >= 0.6 is 12.2 Å². The van der Waals surface area contributed by atoms with Crippen molar-refractivity contribution < 1.29 is 0 Å². The van der Waals surface area contributed by atoms with E-state index in [2.05, 4.69) is 17.6 Å². The van der Waals surface area contributed by atoms with Crippen LogP contribution in [-0.2, 0) is 13.1 Å². The van der Waals surface area contributed by atoms with Crippen LogP contribution < -0.4 is 11.2 Å². The summed E-state index contributed by atoms with van der Waals surface area (Å²) < 4.78 is 0. The summed E-state index contributed by atoms with van der Waals surface area (Å²) in [6.45, 7) is 1.55. The molecule has 1 aromatic carbocycles. The Morgan fingerprint density at radius 2 is 2.08 bits per heavy atom. The zero-order valence-corrected chi connectivity index (χ0v) is 7.97. The maximum Gasteiger partial charge on any atom is 0.181 e. The van der Waals surface area contributed by atoms with E-state index in [4.69, 9.17) is 18.0 Å². The summed E-state index contributed by atoms with van der Waals surface area (Å²) in [7, 11) is 0. The molecule has 0 saturated carbocycles. The van der Waals surface area contributed by atoms with Gasteiger partial charge >= 0.3 is 0 Å². The second-order valence-corrected chi connectivity index (χ2v) is 3.45. The molecule has 0 spiro atoms. The number of benzene rings is 1. The Kier molecular flexibility index (Phi) is 2.16. The van der Waals surface area contributed by atoms with Crippen molar-refractivity contribution in [2.45, 2.75) is 13.1 Å². The molecule has 4 heteroatoms. The van der Waals surface area contributed by atoms with Crippen molar-refractivity contribution in [1.29, 1.82) is 0 Å². The van der Waals surface area contributed by atoms with Crippen molar-refractivity contribution in [3.05, 3.63) is 35.4 Å². The minimum absolute atomic E-state index is 0.398. The number of hydrazine groups is 1. The molecule has 0 fully saturated rings. The molecule has 0 aliphatic carbocycles. The summed E-state index contributed by atoms with van der Waals surface area (Å²) >= 11 is 4.89. The van der Waals surface area contributed by atoms with Crippen molar-refractivity contribution in [2.75, 3.05) is 0 Å². The molecular weight excluding hydrogens is 182 g/mol. The van der Waals surface area contributed by atoms with Crippen LogP contribution in [0.1, 0.15) is 11.1 Å². The zero-order chi connectivity index (χ0) is 9.26. The number of hydrogen-bond donors (Lipinski definition) is 2. The van der Waals surface area contributed by atoms with Crippen molar-refractivity contribution >= 4 is 17.3 Å². The fourth-order valence-corrected chi connectivity index (χ4v) is 1.58. The van der Waals surface area contributed by atoms with Crippen LogP contribution in [-0.4, -0.2) is 10.1 Å². The third-order valence-electron chi connectivity index (χ3n) is 2.17. The third kappa shape index (κ3) is 1.64. The van der Waals surface area contributed by atoms with Gasteiger partial charge in [0.15, 0.2) is 5.11 Å². The Labute approximate surface area is 82.5 Å². The standard InChI is InChI=1S/C9H11N3S/c10-9(13)12-6-8-4-2-1-3-7(8)5-11-12/h1-4,11H,5-6H2,(H2,10,13). The number of nitrogens with two attached hydrogens (primary N) is 1.